The van der Waals surface area contributed by atoms with Gasteiger partial charge in [-0.3, -0.25) is 14.0 Å². The summed E-state index contributed by atoms with van der Waals surface area (Å²) < 4.78 is 1.39. The fourth-order valence-electron chi connectivity index (χ4n) is 2.10. The Morgan fingerprint density at radius 2 is 2.09 bits per heavy atom. The number of carbonyl (C=O) groups is 1. The highest BCUT2D eigenvalue weighted by Gasteiger charge is 2.30. The summed E-state index contributed by atoms with van der Waals surface area (Å²) in [5.74, 6) is -0.310. The molecule has 0 saturated heterocycles. The first kappa shape index (κ1) is 19.1. The van der Waals surface area contributed by atoms with Crippen LogP contribution >= 0.6 is 12.4 Å². The van der Waals surface area contributed by atoms with Crippen molar-refractivity contribution in [3.05, 3.63) is 46.0 Å². The van der Waals surface area contributed by atoms with Gasteiger partial charge in [-0.1, -0.05) is 19.9 Å². The number of aromatic nitrogens is 2. The number of nitrogens with zero attached hydrogens (tertiary/aromatic N) is 2. The molecule has 0 saturated carbocycles. The molecule has 0 aliphatic rings. The van der Waals surface area contributed by atoms with Crippen molar-refractivity contribution < 1.29 is 4.79 Å². The van der Waals surface area contributed by atoms with Gasteiger partial charge >= 0.3 is 0 Å². The highest BCUT2D eigenvalue weighted by atomic mass is 35.5. The average molecular weight is 339 g/mol. The fraction of sp³-hybridized carbons (Fsp3) is 0.438. The van der Waals surface area contributed by atoms with Crippen molar-refractivity contribution in [3.8, 4) is 0 Å². The van der Waals surface area contributed by atoms with Crippen LogP contribution in [0.4, 0.5) is 0 Å². The molecule has 2 heterocycles. The maximum atomic E-state index is 12.5. The van der Waals surface area contributed by atoms with Gasteiger partial charge in [0.15, 0.2) is 0 Å². The smallest absolute Gasteiger partial charge is 0.270 e. The minimum Gasteiger partial charge on any atom is -0.345 e. The lowest BCUT2D eigenvalue weighted by molar-refractivity contribution is 0.0881. The molecule has 2 aromatic heterocycles. The van der Waals surface area contributed by atoms with E-state index in [0.717, 1.165) is 5.56 Å². The van der Waals surface area contributed by atoms with Gasteiger partial charge < -0.3 is 11.1 Å². The molecule has 2 aromatic rings. The van der Waals surface area contributed by atoms with Crippen molar-refractivity contribution >= 4 is 24.0 Å². The van der Waals surface area contributed by atoms with Gasteiger partial charge in [0.25, 0.3) is 11.5 Å². The molecule has 0 aliphatic carbocycles. The Balaban J connectivity index is 0.00000264. The molecule has 2 rings (SSSR count). The van der Waals surface area contributed by atoms with Gasteiger partial charge in [0, 0.05) is 18.9 Å². The summed E-state index contributed by atoms with van der Waals surface area (Å²) in [4.78, 5) is 29.1. The highest BCUT2D eigenvalue weighted by Crippen LogP contribution is 2.15. The number of pyridine rings is 1. The van der Waals surface area contributed by atoms with Crippen LogP contribution in [0.2, 0.25) is 0 Å². The van der Waals surface area contributed by atoms with E-state index in [4.69, 9.17) is 5.73 Å². The second kappa shape index (κ2) is 7.10. The van der Waals surface area contributed by atoms with E-state index in [1.807, 2.05) is 33.8 Å². The first-order valence-electron chi connectivity index (χ1n) is 7.29. The van der Waals surface area contributed by atoms with Crippen LogP contribution < -0.4 is 16.6 Å². The molecule has 7 heteroatoms. The summed E-state index contributed by atoms with van der Waals surface area (Å²) in [6.45, 7) is 7.98. The van der Waals surface area contributed by atoms with Crippen LogP contribution in [0, 0.1) is 12.8 Å². The lowest BCUT2D eigenvalue weighted by Crippen LogP contribution is -2.55. The van der Waals surface area contributed by atoms with Crippen LogP contribution in [0.15, 0.2) is 29.3 Å². The van der Waals surface area contributed by atoms with Crippen LogP contribution in [-0.4, -0.2) is 27.4 Å². The molecular formula is C16H23ClN4O2. The molecule has 126 valence electrons. The second-order valence-electron chi connectivity index (χ2n) is 6.14. The van der Waals surface area contributed by atoms with Gasteiger partial charge in [-0.2, -0.15) is 0 Å². The lowest BCUT2D eigenvalue weighted by atomic mass is 9.88. The molecule has 0 spiro atoms. The van der Waals surface area contributed by atoms with Gasteiger partial charge in [0.05, 0.1) is 5.54 Å². The van der Waals surface area contributed by atoms with E-state index < -0.39 is 11.4 Å². The Kier molecular flexibility index (Phi) is 5.91. The van der Waals surface area contributed by atoms with Gasteiger partial charge in [-0.05, 0) is 31.4 Å². The number of fused-ring (bicyclic) bond motifs is 1. The SMILES string of the molecule is Cc1ccc2ncc(C(=O)NC(C)(CN)C(C)C)c(=O)n2c1.Cl. The van der Waals surface area contributed by atoms with Crippen LogP contribution in [0.25, 0.3) is 5.65 Å². The van der Waals surface area contributed by atoms with Crippen LogP contribution in [0.5, 0.6) is 0 Å². The van der Waals surface area contributed by atoms with E-state index in [-0.39, 0.29) is 36.0 Å². The van der Waals surface area contributed by atoms with Crippen molar-refractivity contribution in [3.63, 3.8) is 0 Å². The molecule has 6 nitrogen and oxygen atoms in total. The minimum absolute atomic E-state index is 0. The lowest BCUT2D eigenvalue weighted by Gasteiger charge is -2.33. The largest absolute Gasteiger partial charge is 0.345 e. The summed E-state index contributed by atoms with van der Waals surface area (Å²) in [5.41, 5.74) is 6.26. The maximum Gasteiger partial charge on any atom is 0.270 e. The van der Waals surface area contributed by atoms with Crippen molar-refractivity contribution in [2.24, 2.45) is 11.7 Å². The summed E-state index contributed by atoms with van der Waals surface area (Å²) in [6, 6.07) is 3.61. The number of nitrogens with two attached hydrogens (primary N) is 1. The number of hydrogen-bond donors (Lipinski definition) is 2. The normalized spacial score (nSPS) is 13.5. The molecule has 1 amide bonds. The first-order valence-corrected chi connectivity index (χ1v) is 7.29. The first-order chi connectivity index (χ1) is 10.3. The van der Waals surface area contributed by atoms with Gasteiger partial charge in [-0.15, -0.1) is 12.4 Å². The van der Waals surface area contributed by atoms with Crippen LogP contribution in [0.1, 0.15) is 36.7 Å². The Morgan fingerprint density at radius 1 is 1.43 bits per heavy atom. The monoisotopic (exact) mass is 338 g/mol. The fourth-order valence-corrected chi connectivity index (χ4v) is 2.10. The van der Waals surface area contributed by atoms with Gasteiger partial charge in [0.1, 0.15) is 11.2 Å². The standard InChI is InChI=1S/C16H22N4O2.ClH/c1-10(2)16(4,9-17)19-14(21)12-7-18-13-6-5-11(3)8-20(13)15(12)22;/h5-8,10H,9,17H2,1-4H3,(H,19,21);1H. The van der Waals surface area contributed by atoms with E-state index in [1.165, 1.54) is 10.6 Å². The number of aryl methyl sites for hydroxylation is 1. The van der Waals surface area contributed by atoms with Crippen molar-refractivity contribution in [1.29, 1.82) is 0 Å². The third-order valence-electron chi connectivity index (χ3n) is 4.19. The summed E-state index contributed by atoms with van der Waals surface area (Å²) >= 11 is 0. The zero-order valence-corrected chi connectivity index (χ0v) is 14.6. The number of halogens is 1. The van der Waals surface area contributed by atoms with Crippen molar-refractivity contribution in [2.75, 3.05) is 6.54 Å². The quantitative estimate of drug-likeness (QED) is 0.884. The zero-order chi connectivity index (χ0) is 16.5. The molecular weight excluding hydrogens is 316 g/mol. The Labute approximate surface area is 141 Å². The molecule has 1 unspecified atom stereocenters. The molecule has 0 bridgehead atoms. The summed E-state index contributed by atoms with van der Waals surface area (Å²) in [6.07, 6.45) is 2.99. The summed E-state index contributed by atoms with van der Waals surface area (Å²) in [5, 5.41) is 2.86. The predicted molar refractivity (Wildman–Crippen MR) is 93.2 cm³/mol. The van der Waals surface area contributed by atoms with E-state index in [9.17, 15) is 9.59 Å². The molecule has 0 fully saturated rings. The van der Waals surface area contributed by atoms with Gasteiger partial charge in [0.2, 0.25) is 0 Å². The maximum absolute atomic E-state index is 12.5. The Morgan fingerprint density at radius 3 is 2.65 bits per heavy atom. The number of carbonyl (C=O) groups excluding carboxylic acids is 1. The zero-order valence-electron chi connectivity index (χ0n) is 13.8. The number of amides is 1. The van der Waals surface area contributed by atoms with E-state index >= 15 is 0 Å². The van der Waals surface area contributed by atoms with Gasteiger partial charge in [-0.25, -0.2) is 4.98 Å². The second-order valence-corrected chi connectivity index (χ2v) is 6.14. The van der Waals surface area contributed by atoms with Crippen LogP contribution in [0.3, 0.4) is 0 Å². The third-order valence-corrected chi connectivity index (χ3v) is 4.19. The minimum atomic E-state index is -0.574. The number of nitrogens with one attached hydrogen (secondary N) is 1. The Hall–Kier alpha value is -1.92. The van der Waals surface area contributed by atoms with E-state index in [0.29, 0.717) is 5.65 Å². The molecule has 0 aliphatic heterocycles. The predicted octanol–water partition coefficient (Wildman–Crippen LogP) is 1.53. The Bertz CT molecular complexity index is 772. The number of rotatable bonds is 4. The van der Waals surface area contributed by atoms with Crippen molar-refractivity contribution in [2.45, 2.75) is 33.2 Å². The van der Waals surface area contributed by atoms with E-state index in [2.05, 4.69) is 10.3 Å². The van der Waals surface area contributed by atoms with Crippen LogP contribution in [-0.2, 0) is 0 Å². The molecule has 23 heavy (non-hydrogen) atoms. The molecule has 0 radical (unpaired) electrons. The van der Waals surface area contributed by atoms with E-state index in [1.54, 1.807) is 12.3 Å². The average Bonchev–Trinajstić information content (AvgIpc) is 2.47. The summed E-state index contributed by atoms with van der Waals surface area (Å²) in [7, 11) is 0. The number of hydrogen-bond acceptors (Lipinski definition) is 4. The topological polar surface area (TPSA) is 89.5 Å². The molecule has 0 aromatic carbocycles. The third kappa shape index (κ3) is 3.71. The highest BCUT2D eigenvalue weighted by molar-refractivity contribution is 5.94. The van der Waals surface area contributed by atoms with Crippen molar-refractivity contribution in [1.82, 2.24) is 14.7 Å². The molecule has 1 atom stereocenters. The molecule has 3 N–H and O–H groups in total.